The quantitative estimate of drug-likeness (QED) is 0.801. The zero-order valence-corrected chi connectivity index (χ0v) is 15.4. The van der Waals surface area contributed by atoms with E-state index >= 15 is 0 Å². The summed E-state index contributed by atoms with van der Waals surface area (Å²) in [5.74, 6) is -1.44. The normalized spacial score (nSPS) is 11.8. The topological polar surface area (TPSA) is 67.4 Å². The van der Waals surface area contributed by atoms with E-state index in [2.05, 4.69) is 10.6 Å². The number of carbonyl (C=O) groups is 2. The average Bonchev–Trinajstić information content (AvgIpc) is 2.59. The molecule has 0 bridgehead atoms. The van der Waals surface area contributed by atoms with Crippen molar-refractivity contribution in [2.24, 2.45) is 5.92 Å². The summed E-state index contributed by atoms with van der Waals surface area (Å²) in [5, 5.41) is 5.63. The fourth-order valence-electron chi connectivity index (χ4n) is 2.36. The second kappa shape index (κ2) is 8.67. The number of hydrogen-bond donors (Lipinski definition) is 2. The standard InChI is InChI=1S/C19H20ClFN2O3/c1-11(2)17(23-18(24)13-6-4-5-7-15(13)21)19(25)22-12-8-9-16(26-3)14(20)10-12/h4-11,17H,1-3H3,(H,22,25)(H,23,24)/t17-/m0/s1. The minimum Gasteiger partial charge on any atom is -0.495 e. The smallest absolute Gasteiger partial charge is 0.254 e. The third-order valence-electron chi connectivity index (χ3n) is 3.77. The molecule has 2 aromatic carbocycles. The van der Waals surface area contributed by atoms with Gasteiger partial charge in [0.2, 0.25) is 5.91 Å². The van der Waals surface area contributed by atoms with Gasteiger partial charge in [0.05, 0.1) is 17.7 Å². The molecule has 0 radical (unpaired) electrons. The molecule has 138 valence electrons. The van der Waals surface area contributed by atoms with Crippen LogP contribution in [0.3, 0.4) is 0 Å². The summed E-state index contributed by atoms with van der Waals surface area (Å²) < 4.78 is 18.8. The number of hydrogen-bond acceptors (Lipinski definition) is 3. The number of amides is 2. The lowest BCUT2D eigenvalue weighted by Gasteiger charge is -2.22. The van der Waals surface area contributed by atoms with Crippen LogP contribution >= 0.6 is 11.6 Å². The molecule has 2 aromatic rings. The first-order valence-corrected chi connectivity index (χ1v) is 8.41. The Bertz CT molecular complexity index is 811. The van der Waals surface area contributed by atoms with Crippen LogP contribution in [-0.4, -0.2) is 25.0 Å². The molecule has 0 spiro atoms. The summed E-state index contributed by atoms with van der Waals surface area (Å²) in [6, 6.07) is 9.58. The Morgan fingerprint density at radius 1 is 1.15 bits per heavy atom. The van der Waals surface area contributed by atoms with Crippen LogP contribution in [0.1, 0.15) is 24.2 Å². The summed E-state index contributed by atoms with van der Waals surface area (Å²) in [6.07, 6.45) is 0. The fraction of sp³-hybridized carbons (Fsp3) is 0.263. The van der Waals surface area contributed by atoms with Gasteiger partial charge in [-0.3, -0.25) is 9.59 Å². The van der Waals surface area contributed by atoms with Crippen LogP contribution in [0.2, 0.25) is 5.02 Å². The van der Waals surface area contributed by atoms with Crippen LogP contribution in [0.5, 0.6) is 5.75 Å². The van der Waals surface area contributed by atoms with Crippen LogP contribution < -0.4 is 15.4 Å². The second-order valence-corrected chi connectivity index (χ2v) is 6.42. The zero-order chi connectivity index (χ0) is 19.3. The van der Waals surface area contributed by atoms with Crippen molar-refractivity contribution >= 4 is 29.1 Å². The van der Waals surface area contributed by atoms with Gasteiger partial charge in [0.25, 0.3) is 5.91 Å². The monoisotopic (exact) mass is 378 g/mol. The minimum atomic E-state index is -0.844. The Hall–Kier alpha value is -2.60. The Kier molecular flexibility index (Phi) is 6.58. The maximum absolute atomic E-state index is 13.8. The Balaban J connectivity index is 2.14. The minimum absolute atomic E-state index is 0.113. The van der Waals surface area contributed by atoms with Crippen molar-refractivity contribution in [3.8, 4) is 5.75 Å². The Morgan fingerprint density at radius 3 is 2.42 bits per heavy atom. The number of methoxy groups -OCH3 is 1. The first-order chi connectivity index (χ1) is 12.3. The van der Waals surface area contributed by atoms with Gasteiger partial charge >= 0.3 is 0 Å². The van der Waals surface area contributed by atoms with Crippen LogP contribution in [-0.2, 0) is 4.79 Å². The molecule has 2 N–H and O–H groups in total. The van der Waals surface area contributed by atoms with E-state index in [4.69, 9.17) is 16.3 Å². The number of nitrogens with one attached hydrogen (secondary N) is 2. The molecule has 7 heteroatoms. The third-order valence-corrected chi connectivity index (χ3v) is 4.07. The van der Waals surface area contributed by atoms with Gasteiger partial charge in [0, 0.05) is 5.69 Å². The van der Waals surface area contributed by atoms with Crippen molar-refractivity contribution in [3.05, 3.63) is 58.9 Å². The molecule has 0 heterocycles. The summed E-state index contributed by atoms with van der Waals surface area (Å²) in [6.45, 7) is 3.57. The zero-order valence-electron chi connectivity index (χ0n) is 14.7. The highest BCUT2D eigenvalue weighted by Gasteiger charge is 2.26. The molecule has 0 saturated heterocycles. The SMILES string of the molecule is COc1ccc(NC(=O)[C@@H](NC(=O)c2ccccc2F)C(C)C)cc1Cl. The Labute approximate surface area is 156 Å². The number of carbonyl (C=O) groups excluding carboxylic acids is 2. The molecule has 1 atom stereocenters. The fourth-order valence-corrected chi connectivity index (χ4v) is 2.62. The van der Waals surface area contributed by atoms with E-state index < -0.39 is 23.7 Å². The lowest BCUT2D eigenvalue weighted by molar-refractivity contribution is -0.118. The molecule has 2 amide bonds. The maximum atomic E-state index is 13.8. The number of rotatable bonds is 6. The third kappa shape index (κ3) is 4.73. The van der Waals surface area contributed by atoms with E-state index in [1.807, 2.05) is 0 Å². The van der Waals surface area contributed by atoms with Crippen LogP contribution in [0.15, 0.2) is 42.5 Å². The summed E-state index contributed by atoms with van der Waals surface area (Å²) in [5.41, 5.74) is 0.352. The molecule has 0 aliphatic rings. The molecule has 0 aliphatic heterocycles. The van der Waals surface area contributed by atoms with Crippen LogP contribution in [0, 0.1) is 11.7 Å². The van der Waals surface area contributed by atoms with Gasteiger partial charge in [-0.1, -0.05) is 37.6 Å². The van der Waals surface area contributed by atoms with Gasteiger partial charge in [-0.15, -0.1) is 0 Å². The van der Waals surface area contributed by atoms with Gasteiger partial charge in [-0.05, 0) is 36.2 Å². The van der Waals surface area contributed by atoms with Crippen molar-refractivity contribution in [2.75, 3.05) is 12.4 Å². The number of benzene rings is 2. The highest BCUT2D eigenvalue weighted by molar-refractivity contribution is 6.32. The molecular formula is C19H20ClFN2O3. The highest BCUT2D eigenvalue weighted by Crippen LogP contribution is 2.27. The number of halogens is 2. The van der Waals surface area contributed by atoms with E-state index in [1.165, 1.54) is 25.3 Å². The molecular weight excluding hydrogens is 359 g/mol. The average molecular weight is 379 g/mol. The first-order valence-electron chi connectivity index (χ1n) is 8.03. The van der Waals surface area contributed by atoms with E-state index in [0.29, 0.717) is 16.5 Å². The van der Waals surface area contributed by atoms with Crippen molar-refractivity contribution in [1.29, 1.82) is 0 Å². The van der Waals surface area contributed by atoms with Gasteiger partial charge < -0.3 is 15.4 Å². The largest absolute Gasteiger partial charge is 0.495 e. The molecule has 26 heavy (non-hydrogen) atoms. The molecule has 2 rings (SSSR count). The molecule has 0 saturated carbocycles. The highest BCUT2D eigenvalue weighted by atomic mass is 35.5. The lowest BCUT2D eigenvalue weighted by Crippen LogP contribution is -2.47. The van der Waals surface area contributed by atoms with E-state index in [9.17, 15) is 14.0 Å². The lowest BCUT2D eigenvalue weighted by atomic mass is 10.0. The molecule has 5 nitrogen and oxygen atoms in total. The second-order valence-electron chi connectivity index (χ2n) is 6.01. The van der Waals surface area contributed by atoms with Crippen LogP contribution in [0.4, 0.5) is 10.1 Å². The van der Waals surface area contributed by atoms with Gasteiger partial charge in [-0.25, -0.2) is 4.39 Å². The van der Waals surface area contributed by atoms with Gasteiger partial charge in [0.15, 0.2) is 0 Å². The van der Waals surface area contributed by atoms with Crippen LogP contribution in [0.25, 0.3) is 0 Å². The molecule has 0 aromatic heterocycles. The van der Waals surface area contributed by atoms with E-state index in [-0.39, 0.29) is 11.5 Å². The van der Waals surface area contributed by atoms with Crippen molar-refractivity contribution in [2.45, 2.75) is 19.9 Å². The molecule has 0 fully saturated rings. The van der Waals surface area contributed by atoms with Crippen molar-refractivity contribution < 1.29 is 18.7 Å². The number of anilines is 1. The summed E-state index contributed by atoms with van der Waals surface area (Å²) in [4.78, 5) is 24.9. The van der Waals surface area contributed by atoms with E-state index in [0.717, 1.165) is 0 Å². The molecule has 0 unspecified atom stereocenters. The first kappa shape index (κ1) is 19.7. The van der Waals surface area contributed by atoms with Gasteiger partial charge in [0.1, 0.15) is 17.6 Å². The van der Waals surface area contributed by atoms with Crippen molar-refractivity contribution in [1.82, 2.24) is 5.32 Å². The number of ether oxygens (including phenoxy) is 1. The summed E-state index contributed by atoms with van der Waals surface area (Å²) >= 11 is 6.05. The summed E-state index contributed by atoms with van der Waals surface area (Å²) in [7, 11) is 1.49. The molecule has 0 aliphatic carbocycles. The predicted octanol–water partition coefficient (Wildman–Crippen LogP) is 3.88. The predicted molar refractivity (Wildman–Crippen MR) is 99.1 cm³/mol. The Morgan fingerprint density at radius 2 is 1.85 bits per heavy atom. The maximum Gasteiger partial charge on any atom is 0.254 e. The van der Waals surface area contributed by atoms with Crippen molar-refractivity contribution in [3.63, 3.8) is 0 Å². The van der Waals surface area contributed by atoms with E-state index in [1.54, 1.807) is 38.1 Å². The van der Waals surface area contributed by atoms with Gasteiger partial charge in [-0.2, -0.15) is 0 Å².